The van der Waals surface area contributed by atoms with Crippen LogP contribution >= 0.6 is 0 Å². The Kier molecular flexibility index (Phi) is 3.11. The molecule has 0 aliphatic heterocycles. The van der Waals surface area contributed by atoms with Crippen molar-refractivity contribution in [2.24, 2.45) is 0 Å². The molecule has 3 N–H and O–H groups in total. The van der Waals surface area contributed by atoms with E-state index in [1.165, 1.54) is 25.3 Å². The maximum atomic E-state index is 12.5. The van der Waals surface area contributed by atoms with Gasteiger partial charge in [-0.1, -0.05) is 0 Å². The number of hydrogen-bond donors (Lipinski definition) is 3. The van der Waals surface area contributed by atoms with Gasteiger partial charge < -0.3 is 20.1 Å². The van der Waals surface area contributed by atoms with Gasteiger partial charge >= 0.3 is 0 Å². The van der Waals surface area contributed by atoms with Gasteiger partial charge in [-0.15, -0.1) is 0 Å². The number of ketones is 2. The summed E-state index contributed by atoms with van der Waals surface area (Å²) in [6.45, 7) is -0.102. The fourth-order valence-electron chi connectivity index (χ4n) is 2.59. The molecule has 6 heteroatoms. The number of fused-ring (bicyclic) bond motifs is 2. The van der Waals surface area contributed by atoms with Crippen molar-refractivity contribution in [2.45, 2.75) is 6.61 Å². The molecule has 2 aromatic carbocycles. The van der Waals surface area contributed by atoms with Crippen LogP contribution in [0.3, 0.4) is 0 Å². The lowest BCUT2D eigenvalue weighted by Crippen LogP contribution is -2.21. The molecule has 0 radical (unpaired) electrons. The monoisotopic (exact) mass is 300 g/mol. The third-order valence-electron chi connectivity index (χ3n) is 3.63. The fourth-order valence-corrected chi connectivity index (χ4v) is 2.59. The van der Waals surface area contributed by atoms with E-state index in [1.807, 2.05) is 0 Å². The zero-order valence-corrected chi connectivity index (χ0v) is 11.6. The Bertz CT molecular complexity index is 822. The standard InChI is InChI=1S/C16H12O6/c1-22-6-11-12(18)5-10-13(16(11)21)15(20)8-3-2-7(17)4-9(8)14(10)19/h2-5,17-18,21H,6H2,1H3. The van der Waals surface area contributed by atoms with Crippen LogP contribution in [-0.2, 0) is 11.3 Å². The van der Waals surface area contributed by atoms with E-state index < -0.39 is 17.3 Å². The van der Waals surface area contributed by atoms with E-state index in [2.05, 4.69) is 0 Å². The van der Waals surface area contributed by atoms with Crippen molar-refractivity contribution in [3.8, 4) is 17.2 Å². The van der Waals surface area contributed by atoms with Gasteiger partial charge in [0, 0.05) is 23.8 Å². The molecule has 1 aliphatic rings. The van der Waals surface area contributed by atoms with Crippen molar-refractivity contribution in [3.05, 3.63) is 52.1 Å². The molecule has 0 saturated carbocycles. The minimum absolute atomic E-state index is 0.0378. The third-order valence-corrected chi connectivity index (χ3v) is 3.63. The summed E-state index contributed by atoms with van der Waals surface area (Å²) in [4.78, 5) is 25.0. The molecule has 0 bridgehead atoms. The van der Waals surface area contributed by atoms with E-state index in [0.717, 1.165) is 6.07 Å². The Labute approximate surface area is 125 Å². The highest BCUT2D eigenvalue weighted by atomic mass is 16.5. The zero-order chi connectivity index (χ0) is 16.0. The minimum atomic E-state index is -0.546. The van der Waals surface area contributed by atoms with E-state index in [0.29, 0.717) is 0 Å². The van der Waals surface area contributed by atoms with Crippen LogP contribution in [0.2, 0.25) is 0 Å². The van der Waals surface area contributed by atoms with E-state index in [9.17, 15) is 24.9 Å². The predicted molar refractivity (Wildman–Crippen MR) is 75.5 cm³/mol. The van der Waals surface area contributed by atoms with E-state index in [4.69, 9.17) is 4.74 Å². The molecule has 0 heterocycles. The molecular weight excluding hydrogens is 288 g/mol. The Morgan fingerprint density at radius 2 is 1.68 bits per heavy atom. The average Bonchev–Trinajstić information content (AvgIpc) is 2.48. The number of ether oxygens (including phenoxy) is 1. The second-order valence-electron chi connectivity index (χ2n) is 4.97. The number of aromatic hydroxyl groups is 3. The number of hydrogen-bond acceptors (Lipinski definition) is 6. The lowest BCUT2D eigenvalue weighted by atomic mass is 9.82. The minimum Gasteiger partial charge on any atom is -0.508 e. The summed E-state index contributed by atoms with van der Waals surface area (Å²) >= 11 is 0. The molecule has 2 aromatic rings. The van der Waals surface area contributed by atoms with Crippen LogP contribution in [0, 0.1) is 0 Å². The number of methoxy groups -OCH3 is 1. The first-order valence-electron chi connectivity index (χ1n) is 6.44. The summed E-state index contributed by atoms with van der Waals surface area (Å²) in [5.41, 5.74) is -0.0777. The number of phenolic OH excluding ortho intramolecular Hbond substituents is 3. The topological polar surface area (TPSA) is 104 Å². The van der Waals surface area contributed by atoms with E-state index in [-0.39, 0.29) is 45.9 Å². The summed E-state index contributed by atoms with van der Waals surface area (Å²) in [6, 6.07) is 4.95. The van der Waals surface area contributed by atoms with E-state index >= 15 is 0 Å². The fraction of sp³-hybridized carbons (Fsp3) is 0.125. The largest absolute Gasteiger partial charge is 0.508 e. The van der Waals surface area contributed by atoms with Crippen LogP contribution < -0.4 is 0 Å². The van der Waals surface area contributed by atoms with Crippen molar-refractivity contribution >= 4 is 11.6 Å². The first-order valence-corrected chi connectivity index (χ1v) is 6.44. The summed E-state index contributed by atoms with van der Waals surface area (Å²) < 4.78 is 4.88. The van der Waals surface area contributed by atoms with Gasteiger partial charge in [0.25, 0.3) is 0 Å². The molecule has 22 heavy (non-hydrogen) atoms. The Morgan fingerprint density at radius 1 is 0.955 bits per heavy atom. The predicted octanol–water partition coefficient (Wildman–Crippen LogP) is 1.73. The Hall–Kier alpha value is -2.86. The highest BCUT2D eigenvalue weighted by Crippen LogP contribution is 2.40. The molecule has 0 atom stereocenters. The molecule has 0 spiro atoms. The van der Waals surface area contributed by atoms with Gasteiger partial charge in [0.15, 0.2) is 11.6 Å². The summed E-state index contributed by atoms with van der Waals surface area (Å²) in [5.74, 6) is -2.03. The first kappa shape index (κ1) is 14.1. The summed E-state index contributed by atoms with van der Waals surface area (Å²) in [6.07, 6.45) is 0. The lowest BCUT2D eigenvalue weighted by Gasteiger charge is -2.20. The maximum absolute atomic E-state index is 12.5. The Morgan fingerprint density at radius 3 is 2.36 bits per heavy atom. The van der Waals surface area contributed by atoms with Crippen LogP contribution in [0.15, 0.2) is 24.3 Å². The molecule has 0 aromatic heterocycles. The zero-order valence-electron chi connectivity index (χ0n) is 11.6. The first-order chi connectivity index (χ1) is 10.5. The van der Waals surface area contributed by atoms with Gasteiger partial charge in [0.05, 0.1) is 17.7 Å². The number of benzene rings is 2. The van der Waals surface area contributed by atoms with Crippen LogP contribution in [-0.4, -0.2) is 34.0 Å². The van der Waals surface area contributed by atoms with Crippen molar-refractivity contribution in [3.63, 3.8) is 0 Å². The van der Waals surface area contributed by atoms with E-state index in [1.54, 1.807) is 0 Å². The van der Waals surface area contributed by atoms with Gasteiger partial charge in [-0.3, -0.25) is 9.59 Å². The molecule has 3 rings (SSSR count). The lowest BCUT2D eigenvalue weighted by molar-refractivity contribution is 0.0975. The highest BCUT2D eigenvalue weighted by molar-refractivity contribution is 6.29. The second kappa shape index (κ2) is 4.85. The molecule has 0 amide bonds. The van der Waals surface area contributed by atoms with Gasteiger partial charge in [-0.25, -0.2) is 0 Å². The van der Waals surface area contributed by atoms with Crippen molar-refractivity contribution < 1.29 is 29.6 Å². The molecule has 0 fully saturated rings. The van der Waals surface area contributed by atoms with Gasteiger partial charge in [0.1, 0.15) is 17.2 Å². The van der Waals surface area contributed by atoms with Crippen molar-refractivity contribution in [1.29, 1.82) is 0 Å². The molecule has 0 saturated heterocycles. The Balaban J connectivity index is 2.30. The van der Waals surface area contributed by atoms with Gasteiger partial charge in [-0.05, 0) is 24.3 Å². The summed E-state index contributed by atoms with van der Waals surface area (Å²) in [7, 11) is 1.38. The van der Waals surface area contributed by atoms with Crippen LogP contribution in [0.4, 0.5) is 0 Å². The van der Waals surface area contributed by atoms with Crippen LogP contribution in [0.1, 0.15) is 37.4 Å². The highest BCUT2D eigenvalue weighted by Gasteiger charge is 2.34. The summed E-state index contributed by atoms with van der Waals surface area (Å²) in [5, 5.41) is 29.7. The number of carbonyl (C=O) groups is 2. The molecule has 112 valence electrons. The molecular formula is C16H12O6. The molecule has 0 unspecified atom stereocenters. The van der Waals surface area contributed by atoms with Crippen molar-refractivity contribution in [2.75, 3.05) is 7.11 Å². The SMILES string of the molecule is COCc1c(O)cc2c(c1O)C(=O)c1ccc(O)cc1C2=O. The van der Waals surface area contributed by atoms with Crippen molar-refractivity contribution in [1.82, 2.24) is 0 Å². The number of phenols is 3. The third kappa shape index (κ3) is 1.85. The van der Waals surface area contributed by atoms with Gasteiger partial charge in [0.2, 0.25) is 0 Å². The second-order valence-corrected chi connectivity index (χ2v) is 4.97. The normalized spacial score (nSPS) is 13.0. The maximum Gasteiger partial charge on any atom is 0.198 e. The van der Waals surface area contributed by atoms with Crippen LogP contribution in [0.5, 0.6) is 17.2 Å². The average molecular weight is 300 g/mol. The molecule has 6 nitrogen and oxygen atoms in total. The number of rotatable bonds is 2. The quantitative estimate of drug-likeness (QED) is 0.666. The smallest absolute Gasteiger partial charge is 0.198 e. The number of carbonyl (C=O) groups excluding carboxylic acids is 2. The van der Waals surface area contributed by atoms with Crippen LogP contribution in [0.25, 0.3) is 0 Å². The van der Waals surface area contributed by atoms with Gasteiger partial charge in [-0.2, -0.15) is 0 Å². The molecule has 1 aliphatic carbocycles.